The molecular weight excluding hydrogens is 430 g/mol. The van der Waals surface area contributed by atoms with Crippen molar-refractivity contribution in [1.29, 1.82) is 0 Å². The topological polar surface area (TPSA) is 72.5 Å². The largest absolute Gasteiger partial charge is 0.342 e. The molecule has 9 heteroatoms. The van der Waals surface area contributed by atoms with Gasteiger partial charge >= 0.3 is 0 Å². The maximum Gasteiger partial charge on any atom is 0.273 e. The molecule has 0 aliphatic carbocycles. The van der Waals surface area contributed by atoms with Gasteiger partial charge in [0.1, 0.15) is 4.70 Å². The molecule has 3 aromatic heterocycles. The SMILES string of the molecule is CC1CCCN(C(=O)CSc2nnc3n(Cc4ccccc4)c(=O)c4sccc4n23)C1. The van der Waals surface area contributed by atoms with Gasteiger partial charge in [-0.05, 0) is 35.8 Å². The second-order valence-corrected chi connectivity index (χ2v) is 9.86. The van der Waals surface area contributed by atoms with E-state index in [0.29, 0.717) is 33.8 Å². The minimum atomic E-state index is -0.0660. The summed E-state index contributed by atoms with van der Waals surface area (Å²) in [5, 5.41) is 11.2. The van der Waals surface area contributed by atoms with Crippen LogP contribution in [0.2, 0.25) is 0 Å². The van der Waals surface area contributed by atoms with Gasteiger partial charge < -0.3 is 4.90 Å². The highest BCUT2D eigenvalue weighted by Gasteiger charge is 2.23. The van der Waals surface area contributed by atoms with E-state index in [-0.39, 0.29) is 11.5 Å². The van der Waals surface area contributed by atoms with E-state index in [4.69, 9.17) is 0 Å². The first-order valence-corrected chi connectivity index (χ1v) is 12.3. The lowest BCUT2D eigenvalue weighted by molar-refractivity contribution is -0.130. The van der Waals surface area contributed by atoms with Crippen molar-refractivity contribution in [2.24, 2.45) is 5.92 Å². The number of aromatic nitrogens is 4. The number of hydrogen-bond acceptors (Lipinski definition) is 6. The zero-order valence-electron chi connectivity index (χ0n) is 17.2. The van der Waals surface area contributed by atoms with Crippen LogP contribution in [0.25, 0.3) is 16.0 Å². The van der Waals surface area contributed by atoms with E-state index >= 15 is 0 Å². The number of hydrogen-bond donors (Lipinski definition) is 0. The molecular formula is C22H23N5O2S2. The molecule has 4 aromatic rings. The quantitative estimate of drug-likeness (QED) is 0.433. The molecule has 0 spiro atoms. The standard InChI is InChI=1S/C22H23N5O2S2/c1-15-6-5-10-25(12-15)18(28)14-31-22-24-23-21-26(13-16-7-3-2-4-8-16)20(29)19-17(27(21)22)9-11-30-19/h2-4,7-9,11,15H,5-6,10,12-14H2,1H3. The van der Waals surface area contributed by atoms with E-state index in [1.807, 2.05) is 51.1 Å². The van der Waals surface area contributed by atoms with Gasteiger partial charge in [0.15, 0.2) is 5.16 Å². The van der Waals surface area contributed by atoms with E-state index < -0.39 is 0 Å². The van der Waals surface area contributed by atoms with Gasteiger partial charge in [-0.3, -0.25) is 18.6 Å². The molecule has 1 aromatic carbocycles. The molecule has 4 heterocycles. The summed E-state index contributed by atoms with van der Waals surface area (Å²) in [4.78, 5) is 27.8. The number of rotatable bonds is 5. The van der Waals surface area contributed by atoms with Gasteiger partial charge in [0, 0.05) is 13.1 Å². The van der Waals surface area contributed by atoms with Gasteiger partial charge in [-0.15, -0.1) is 21.5 Å². The van der Waals surface area contributed by atoms with Crippen LogP contribution in [0.1, 0.15) is 25.3 Å². The van der Waals surface area contributed by atoms with Gasteiger partial charge in [-0.2, -0.15) is 0 Å². The second kappa shape index (κ2) is 8.47. The Balaban J connectivity index is 1.49. The molecule has 1 aliphatic rings. The highest BCUT2D eigenvalue weighted by atomic mass is 32.2. The number of piperidine rings is 1. The molecule has 7 nitrogen and oxygen atoms in total. The van der Waals surface area contributed by atoms with Crippen LogP contribution >= 0.6 is 23.1 Å². The number of likely N-dealkylation sites (tertiary alicyclic amines) is 1. The minimum absolute atomic E-state index is 0.0660. The molecule has 1 unspecified atom stereocenters. The Morgan fingerprint density at radius 2 is 2.06 bits per heavy atom. The molecule has 1 aliphatic heterocycles. The van der Waals surface area contributed by atoms with Crippen molar-refractivity contribution in [1.82, 2.24) is 24.1 Å². The third-order valence-electron chi connectivity index (χ3n) is 5.70. The normalized spacial score (nSPS) is 16.9. The van der Waals surface area contributed by atoms with E-state index in [2.05, 4.69) is 17.1 Å². The van der Waals surface area contributed by atoms with E-state index in [9.17, 15) is 9.59 Å². The number of amides is 1. The van der Waals surface area contributed by atoms with Crippen LogP contribution in [0, 0.1) is 5.92 Å². The summed E-state index contributed by atoms with van der Waals surface area (Å²) < 4.78 is 4.24. The summed E-state index contributed by atoms with van der Waals surface area (Å²) in [6.45, 7) is 4.27. The number of carbonyl (C=O) groups is 1. The maximum absolute atomic E-state index is 13.1. The number of thiophene rings is 1. The highest BCUT2D eigenvalue weighted by molar-refractivity contribution is 7.99. The maximum atomic E-state index is 13.1. The lowest BCUT2D eigenvalue weighted by Gasteiger charge is -2.30. The number of thioether (sulfide) groups is 1. The first kappa shape index (κ1) is 20.3. The van der Waals surface area contributed by atoms with Crippen molar-refractivity contribution < 1.29 is 4.79 Å². The average molecular weight is 454 g/mol. The lowest BCUT2D eigenvalue weighted by atomic mass is 10.0. The smallest absolute Gasteiger partial charge is 0.273 e. The van der Waals surface area contributed by atoms with Crippen molar-refractivity contribution in [3.05, 3.63) is 57.7 Å². The van der Waals surface area contributed by atoms with Gasteiger partial charge in [0.2, 0.25) is 11.7 Å². The summed E-state index contributed by atoms with van der Waals surface area (Å²) >= 11 is 2.80. The molecule has 1 saturated heterocycles. The Bertz CT molecular complexity index is 1290. The molecule has 0 saturated carbocycles. The van der Waals surface area contributed by atoms with Crippen molar-refractivity contribution in [2.45, 2.75) is 31.5 Å². The zero-order chi connectivity index (χ0) is 21.4. The fourth-order valence-electron chi connectivity index (χ4n) is 4.14. The van der Waals surface area contributed by atoms with Crippen molar-refractivity contribution in [2.75, 3.05) is 18.8 Å². The molecule has 0 radical (unpaired) electrons. The average Bonchev–Trinajstić information content (AvgIpc) is 3.43. The zero-order valence-corrected chi connectivity index (χ0v) is 18.9. The molecule has 160 valence electrons. The number of carbonyl (C=O) groups excluding carboxylic acids is 1. The Labute approximate surface area is 187 Å². The predicted molar refractivity (Wildman–Crippen MR) is 124 cm³/mol. The third-order valence-corrected chi connectivity index (χ3v) is 7.51. The van der Waals surface area contributed by atoms with Crippen LogP contribution < -0.4 is 5.56 Å². The van der Waals surface area contributed by atoms with Crippen molar-refractivity contribution in [3.8, 4) is 0 Å². The number of nitrogens with zero attached hydrogens (tertiary/aromatic N) is 5. The van der Waals surface area contributed by atoms with Gasteiger partial charge in [0.05, 0.1) is 17.8 Å². The van der Waals surface area contributed by atoms with Gasteiger partial charge in [-0.25, -0.2) is 0 Å². The summed E-state index contributed by atoms with van der Waals surface area (Å²) in [6, 6.07) is 11.8. The summed E-state index contributed by atoms with van der Waals surface area (Å²) in [5.74, 6) is 1.50. The minimum Gasteiger partial charge on any atom is -0.342 e. The monoisotopic (exact) mass is 453 g/mol. The Hall–Kier alpha value is -2.65. The fourth-order valence-corrected chi connectivity index (χ4v) is 5.80. The van der Waals surface area contributed by atoms with E-state index in [0.717, 1.165) is 30.6 Å². The van der Waals surface area contributed by atoms with Crippen LogP contribution in [0.3, 0.4) is 0 Å². The molecule has 0 bridgehead atoms. The van der Waals surface area contributed by atoms with E-state index in [1.54, 1.807) is 4.57 Å². The van der Waals surface area contributed by atoms with Crippen LogP contribution in [0.4, 0.5) is 0 Å². The predicted octanol–water partition coefficient (Wildman–Crippen LogP) is 3.50. The van der Waals surface area contributed by atoms with E-state index in [1.165, 1.54) is 29.5 Å². The van der Waals surface area contributed by atoms with Gasteiger partial charge in [0.25, 0.3) is 5.56 Å². The Morgan fingerprint density at radius 3 is 2.87 bits per heavy atom. The summed E-state index contributed by atoms with van der Waals surface area (Å²) in [7, 11) is 0. The molecule has 1 atom stereocenters. The third kappa shape index (κ3) is 3.87. The molecule has 1 fully saturated rings. The highest BCUT2D eigenvalue weighted by Crippen LogP contribution is 2.25. The van der Waals surface area contributed by atoms with Crippen molar-refractivity contribution >= 4 is 45.0 Å². The summed E-state index contributed by atoms with van der Waals surface area (Å²) in [5.41, 5.74) is 1.75. The fraction of sp³-hybridized carbons (Fsp3) is 0.364. The van der Waals surface area contributed by atoms with Crippen LogP contribution in [-0.4, -0.2) is 48.8 Å². The first-order chi connectivity index (χ1) is 15.1. The molecule has 1 amide bonds. The van der Waals surface area contributed by atoms with Gasteiger partial charge in [-0.1, -0.05) is 49.0 Å². The Kier molecular flexibility index (Phi) is 5.54. The second-order valence-electron chi connectivity index (χ2n) is 8.01. The number of benzene rings is 1. The molecule has 31 heavy (non-hydrogen) atoms. The molecule has 5 rings (SSSR count). The van der Waals surface area contributed by atoms with Crippen molar-refractivity contribution in [3.63, 3.8) is 0 Å². The van der Waals surface area contributed by atoms with Crippen LogP contribution in [-0.2, 0) is 11.3 Å². The summed E-state index contributed by atoms with van der Waals surface area (Å²) in [6.07, 6.45) is 2.24. The number of fused-ring (bicyclic) bond motifs is 3. The van der Waals surface area contributed by atoms with Crippen LogP contribution in [0.15, 0.2) is 51.7 Å². The first-order valence-electron chi connectivity index (χ1n) is 10.4. The molecule has 0 N–H and O–H groups in total. The lowest BCUT2D eigenvalue weighted by Crippen LogP contribution is -2.40. The Morgan fingerprint density at radius 1 is 1.23 bits per heavy atom. The van der Waals surface area contributed by atoms with Crippen LogP contribution in [0.5, 0.6) is 0 Å².